The molecule has 0 spiro atoms. The number of thioether (sulfide) groups is 1. The average molecular weight is 402 g/mol. The van der Waals surface area contributed by atoms with Gasteiger partial charge in [0.2, 0.25) is 5.13 Å². The van der Waals surface area contributed by atoms with Crippen LogP contribution in [0.5, 0.6) is 11.5 Å². The summed E-state index contributed by atoms with van der Waals surface area (Å²) in [7, 11) is 3.29. The second kappa shape index (κ2) is 9.62. The minimum absolute atomic E-state index is 0.346. The van der Waals surface area contributed by atoms with E-state index in [1.807, 2.05) is 24.3 Å². The Labute approximate surface area is 168 Å². The van der Waals surface area contributed by atoms with Crippen molar-refractivity contribution >= 4 is 28.2 Å². The van der Waals surface area contributed by atoms with E-state index in [2.05, 4.69) is 46.7 Å². The zero-order valence-electron chi connectivity index (χ0n) is 15.6. The van der Waals surface area contributed by atoms with E-state index in [0.29, 0.717) is 5.25 Å². The highest BCUT2D eigenvalue weighted by molar-refractivity contribution is 8.01. The topological polar surface area (TPSA) is 56.3 Å². The first-order valence-electron chi connectivity index (χ1n) is 8.69. The van der Waals surface area contributed by atoms with Crippen molar-refractivity contribution in [3.63, 3.8) is 0 Å². The van der Waals surface area contributed by atoms with Crippen LogP contribution in [0.1, 0.15) is 23.3 Å². The number of nitrogens with zero attached hydrogens (tertiary/aromatic N) is 2. The van der Waals surface area contributed by atoms with Gasteiger partial charge >= 0.3 is 0 Å². The van der Waals surface area contributed by atoms with E-state index in [9.17, 15) is 0 Å². The summed E-state index contributed by atoms with van der Waals surface area (Å²) in [6.07, 6.45) is 0.864. The summed E-state index contributed by atoms with van der Waals surface area (Å²) in [6.45, 7) is 2.97. The summed E-state index contributed by atoms with van der Waals surface area (Å²) in [5, 5.41) is 13.1. The second-order valence-electron chi connectivity index (χ2n) is 5.91. The van der Waals surface area contributed by atoms with E-state index >= 15 is 0 Å². The average Bonchev–Trinajstić information content (AvgIpc) is 3.15. The number of anilines is 1. The van der Waals surface area contributed by atoms with E-state index in [1.54, 1.807) is 37.3 Å². The van der Waals surface area contributed by atoms with Gasteiger partial charge in [0.25, 0.3) is 0 Å². The van der Waals surface area contributed by atoms with Crippen molar-refractivity contribution in [2.75, 3.05) is 26.1 Å². The Morgan fingerprint density at radius 1 is 1.04 bits per heavy atom. The highest BCUT2D eigenvalue weighted by atomic mass is 32.2. The summed E-state index contributed by atoms with van der Waals surface area (Å²) in [5.74, 6) is 1.49. The minimum atomic E-state index is 0.346. The zero-order chi connectivity index (χ0) is 19.1. The van der Waals surface area contributed by atoms with Gasteiger partial charge in [-0.25, -0.2) is 0 Å². The van der Waals surface area contributed by atoms with Crippen molar-refractivity contribution in [3.8, 4) is 11.5 Å². The van der Waals surface area contributed by atoms with Crippen molar-refractivity contribution in [2.45, 2.75) is 22.9 Å². The minimum Gasteiger partial charge on any atom is -0.493 e. The Morgan fingerprint density at radius 2 is 1.81 bits per heavy atom. The molecule has 2 aromatic carbocycles. The van der Waals surface area contributed by atoms with Crippen LogP contribution in [0.3, 0.4) is 0 Å². The van der Waals surface area contributed by atoms with E-state index in [-0.39, 0.29) is 0 Å². The lowest BCUT2D eigenvalue weighted by atomic mass is 10.1. The largest absolute Gasteiger partial charge is 0.493 e. The van der Waals surface area contributed by atoms with Crippen molar-refractivity contribution in [2.24, 2.45) is 0 Å². The fraction of sp³-hybridized carbons (Fsp3) is 0.300. The Bertz CT molecular complexity index is 855. The number of ether oxygens (including phenoxy) is 2. The molecule has 0 saturated heterocycles. The third-order valence-electron chi connectivity index (χ3n) is 4.09. The fourth-order valence-electron chi connectivity index (χ4n) is 2.62. The highest BCUT2D eigenvalue weighted by Gasteiger charge is 2.11. The maximum absolute atomic E-state index is 5.35. The van der Waals surface area contributed by atoms with Crippen LogP contribution in [0.2, 0.25) is 0 Å². The van der Waals surface area contributed by atoms with Crippen LogP contribution in [0, 0.1) is 0 Å². The lowest BCUT2D eigenvalue weighted by Crippen LogP contribution is -2.04. The van der Waals surface area contributed by atoms with E-state index < -0.39 is 0 Å². The molecule has 27 heavy (non-hydrogen) atoms. The van der Waals surface area contributed by atoms with Gasteiger partial charge in [-0.1, -0.05) is 59.5 Å². The molecule has 0 fully saturated rings. The molecule has 0 aliphatic heterocycles. The second-order valence-corrected chi connectivity index (χ2v) is 8.48. The Kier molecular flexibility index (Phi) is 6.95. The van der Waals surface area contributed by atoms with Gasteiger partial charge in [-0.05, 0) is 36.6 Å². The zero-order valence-corrected chi connectivity index (χ0v) is 17.3. The molecule has 142 valence electrons. The van der Waals surface area contributed by atoms with E-state index in [0.717, 1.165) is 33.9 Å². The molecule has 1 aromatic heterocycles. The number of aromatic nitrogens is 2. The molecular formula is C20H23N3O2S2. The third kappa shape index (κ3) is 5.37. The van der Waals surface area contributed by atoms with Crippen LogP contribution >= 0.6 is 23.1 Å². The van der Waals surface area contributed by atoms with Gasteiger partial charge in [-0.2, -0.15) is 0 Å². The van der Waals surface area contributed by atoms with Gasteiger partial charge in [-0.15, -0.1) is 10.2 Å². The van der Waals surface area contributed by atoms with E-state index in [4.69, 9.17) is 9.47 Å². The third-order valence-corrected chi connectivity index (χ3v) is 6.21. The molecule has 0 bridgehead atoms. The van der Waals surface area contributed by atoms with Crippen LogP contribution in [0.25, 0.3) is 0 Å². The van der Waals surface area contributed by atoms with Gasteiger partial charge in [-0.3, -0.25) is 0 Å². The van der Waals surface area contributed by atoms with Gasteiger partial charge in [0, 0.05) is 11.8 Å². The number of methoxy groups -OCH3 is 2. The number of benzene rings is 2. The van der Waals surface area contributed by atoms with E-state index in [1.165, 1.54) is 11.1 Å². The molecular weight excluding hydrogens is 378 g/mol. The fourth-order valence-corrected chi connectivity index (χ4v) is 4.67. The summed E-state index contributed by atoms with van der Waals surface area (Å²) >= 11 is 3.32. The Hall–Kier alpha value is -2.25. The summed E-state index contributed by atoms with van der Waals surface area (Å²) < 4.78 is 11.6. The molecule has 0 aliphatic rings. The summed E-state index contributed by atoms with van der Waals surface area (Å²) in [6, 6.07) is 16.4. The summed E-state index contributed by atoms with van der Waals surface area (Å²) in [5.41, 5.74) is 2.47. The van der Waals surface area contributed by atoms with Crippen molar-refractivity contribution < 1.29 is 9.47 Å². The molecule has 3 aromatic rings. The molecule has 1 unspecified atom stereocenters. The highest BCUT2D eigenvalue weighted by Crippen LogP contribution is 2.37. The molecule has 7 heteroatoms. The molecule has 3 rings (SSSR count). The smallest absolute Gasteiger partial charge is 0.206 e. The number of hydrogen-bond donors (Lipinski definition) is 1. The van der Waals surface area contributed by atoms with Gasteiger partial charge in [0.1, 0.15) is 0 Å². The van der Waals surface area contributed by atoms with Crippen molar-refractivity contribution in [1.29, 1.82) is 0 Å². The van der Waals surface area contributed by atoms with Crippen LogP contribution in [0.15, 0.2) is 52.9 Å². The predicted octanol–water partition coefficient (Wildman–Crippen LogP) is 5.06. The molecule has 0 saturated carbocycles. The van der Waals surface area contributed by atoms with Crippen molar-refractivity contribution in [1.82, 2.24) is 10.2 Å². The van der Waals surface area contributed by atoms with Crippen LogP contribution in [-0.4, -0.2) is 31.0 Å². The number of hydrogen-bond acceptors (Lipinski definition) is 7. The van der Waals surface area contributed by atoms with Crippen molar-refractivity contribution in [3.05, 3.63) is 59.7 Å². The first kappa shape index (κ1) is 19.5. The van der Waals surface area contributed by atoms with Crippen LogP contribution < -0.4 is 14.8 Å². The molecule has 1 atom stereocenters. The Morgan fingerprint density at radius 3 is 2.56 bits per heavy atom. The maximum atomic E-state index is 5.35. The molecule has 1 N–H and O–H groups in total. The molecule has 0 aliphatic carbocycles. The van der Waals surface area contributed by atoms with Crippen LogP contribution in [0.4, 0.5) is 5.13 Å². The first-order valence-corrected chi connectivity index (χ1v) is 10.4. The lowest BCUT2D eigenvalue weighted by molar-refractivity contribution is 0.354. The normalized spacial score (nSPS) is 11.8. The number of rotatable bonds is 9. The monoisotopic (exact) mass is 401 g/mol. The predicted molar refractivity (Wildman–Crippen MR) is 112 cm³/mol. The number of nitrogens with one attached hydrogen (secondary N) is 1. The molecule has 0 radical (unpaired) electrons. The van der Waals surface area contributed by atoms with Gasteiger partial charge < -0.3 is 14.8 Å². The standard InChI is InChI=1S/C20H23N3O2S2/c1-14(16-7-5-4-6-8-16)26-20-23-22-19(27-20)21-12-11-15-9-10-17(24-2)18(13-15)25-3/h4-10,13-14H,11-12H2,1-3H3,(H,21,22). The SMILES string of the molecule is COc1ccc(CCNc2nnc(SC(C)c3ccccc3)s2)cc1OC. The Balaban J connectivity index is 1.51. The molecule has 5 nitrogen and oxygen atoms in total. The molecule has 1 heterocycles. The van der Waals surface area contributed by atoms with Gasteiger partial charge in [0.05, 0.1) is 14.2 Å². The van der Waals surface area contributed by atoms with Crippen LogP contribution in [-0.2, 0) is 6.42 Å². The lowest BCUT2D eigenvalue weighted by Gasteiger charge is -2.09. The van der Waals surface area contributed by atoms with Gasteiger partial charge in [0.15, 0.2) is 15.8 Å². The summed E-state index contributed by atoms with van der Waals surface area (Å²) in [4.78, 5) is 0. The quantitative estimate of drug-likeness (QED) is 0.506. The molecule has 0 amide bonds. The maximum Gasteiger partial charge on any atom is 0.206 e. The first-order chi connectivity index (χ1) is 13.2.